The van der Waals surface area contributed by atoms with Gasteiger partial charge in [-0.25, -0.2) is 0 Å². The van der Waals surface area contributed by atoms with Crippen molar-refractivity contribution in [2.75, 3.05) is 0 Å². The summed E-state index contributed by atoms with van der Waals surface area (Å²) in [6.07, 6.45) is 0. The Hall–Kier alpha value is -7.54. The first-order chi connectivity index (χ1) is 31.3. The van der Waals surface area contributed by atoms with Gasteiger partial charge in [-0.05, 0) is 150 Å². The van der Waals surface area contributed by atoms with Crippen LogP contribution in [0, 0.1) is 0 Å². The Morgan fingerprint density at radius 3 is 0.984 bits per heavy atom. The van der Waals surface area contributed by atoms with E-state index < -0.39 is 0 Å². The number of benzene rings is 11. The predicted octanol–water partition coefficient (Wildman–Crippen LogP) is 17.6. The second kappa shape index (κ2) is 13.5. The molecule has 0 amide bonds. The Labute approximate surface area is 375 Å². The Morgan fingerprint density at radius 1 is 0.219 bits per heavy atom. The van der Waals surface area contributed by atoms with Gasteiger partial charge in [-0.15, -0.1) is 0 Å². The molecule has 0 saturated heterocycles. The molecule has 0 saturated carbocycles. The summed E-state index contributed by atoms with van der Waals surface area (Å²) in [5.41, 5.74) is 20.8. The molecule has 64 heavy (non-hydrogen) atoms. The molecule has 2 aliphatic carbocycles. The molecule has 0 heterocycles. The van der Waals surface area contributed by atoms with Gasteiger partial charge in [-0.3, -0.25) is 0 Å². The first kappa shape index (κ1) is 37.1. The average Bonchev–Trinajstić information content (AvgIpc) is 3.71. The van der Waals surface area contributed by atoms with Crippen LogP contribution < -0.4 is 0 Å². The summed E-state index contributed by atoms with van der Waals surface area (Å²) in [5.74, 6) is 0. The lowest BCUT2D eigenvalue weighted by atomic mass is 9.79. The van der Waals surface area contributed by atoms with Gasteiger partial charge < -0.3 is 0 Å². The van der Waals surface area contributed by atoms with E-state index in [4.69, 9.17) is 0 Å². The van der Waals surface area contributed by atoms with Gasteiger partial charge in [0.15, 0.2) is 0 Å². The molecule has 302 valence electrons. The van der Waals surface area contributed by atoms with E-state index in [1.165, 1.54) is 132 Å². The van der Waals surface area contributed by atoms with Crippen molar-refractivity contribution in [1.82, 2.24) is 0 Å². The minimum absolute atomic E-state index is 0.108. The fourth-order valence-electron chi connectivity index (χ4n) is 12.0. The zero-order chi connectivity index (χ0) is 42.9. The summed E-state index contributed by atoms with van der Waals surface area (Å²) >= 11 is 0. The largest absolute Gasteiger partial charge is 0.0622 e. The number of hydrogen-bond acceptors (Lipinski definition) is 0. The molecule has 0 bridgehead atoms. The van der Waals surface area contributed by atoms with Crippen LogP contribution in [0.4, 0.5) is 0 Å². The lowest BCUT2D eigenvalue weighted by Gasteiger charge is -2.24. The Balaban J connectivity index is 1.13. The van der Waals surface area contributed by atoms with Crippen LogP contribution in [0.1, 0.15) is 49.9 Å². The highest BCUT2D eigenvalue weighted by Crippen LogP contribution is 2.54. The molecule has 0 N–H and O–H groups in total. The van der Waals surface area contributed by atoms with Crippen molar-refractivity contribution in [3.05, 3.63) is 229 Å². The molecule has 13 rings (SSSR count). The normalized spacial score (nSPS) is 14.2. The van der Waals surface area contributed by atoms with Crippen LogP contribution in [-0.4, -0.2) is 0 Å². The SMILES string of the molecule is CC1(C)c2ccccc2-c2ccc(-c3c4ccccc4c(-c4ccc5c(c4)C(C)(C)c4ccccc4-5)c4cc(-c5c6ccccc6c(-c6ccccc6)c6ccccc56)ccc34)cc21. The molecule has 0 spiro atoms. The Morgan fingerprint density at radius 2 is 0.531 bits per heavy atom. The van der Waals surface area contributed by atoms with Crippen molar-refractivity contribution >= 4 is 43.1 Å². The van der Waals surface area contributed by atoms with Gasteiger partial charge >= 0.3 is 0 Å². The van der Waals surface area contributed by atoms with Gasteiger partial charge in [-0.1, -0.05) is 216 Å². The zero-order valence-corrected chi connectivity index (χ0v) is 36.6. The summed E-state index contributed by atoms with van der Waals surface area (Å²) in [4.78, 5) is 0. The van der Waals surface area contributed by atoms with Gasteiger partial charge in [0.1, 0.15) is 0 Å². The quantitative estimate of drug-likeness (QED) is 0.155. The molecule has 2 aliphatic rings. The molecule has 11 aromatic rings. The zero-order valence-electron chi connectivity index (χ0n) is 36.6. The number of fused-ring (bicyclic) bond motifs is 10. The van der Waals surface area contributed by atoms with E-state index in [-0.39, 0.29) is 10.8 Å². The summed E-state index contributed by atoms with van der Waals surface area (Å²) < 4.78 is 0. The first-order valence-electron chi connectivity index (χ1n) is 22.8. The second-order valence-corrected chi connectivity index (χ2v) is 19.1. The van der Waals surface area contributed by atoms with E-state index in [1.807, 2.05) is 0 Å². The second-order valence-electron chi connectivity index (χ2n) is 19.1. The van der Waals surface area contributed by atoms with Crippen LogP contribution in [0.5, 0.6) is 0 Å². The third-order valence-electron chi connectivity index (χ3n) is 15.1. The first-order valence-corrected chi connectivity index (χ1v) is 22.8. The highest BCUT2D eigenvalue weighted by molar-refractivity contribution is 6.25. The molecule has 0 atom stereocenters. The van der Waals surface area contributed by atoms with Crippen molar-refractivity contribution in [2.45, 2.75) is 38.5 Å². The molecular weight excluding hydrogens is 769 g/mol. The van der Waals surface area contributed by atoms with Crippen LogP contribution in [0.2, 0.25) is 0 Å². The molecule has 0 heteroatoms. The molecule has 0 unspecified atom stereocenters. The minimum atomic E-state index is -0.119. The molecule has 0 radical (unpaired) electrons. The van der Waals surface area contributed by atoms with Gasteiger partial charge in [-0.2, -0.15) is 0 Å². The standard InChI is InChI=1S/C64H46/c1-63(2)55-28-16-14-20-43(55)45-33-30-41(37-57(45)63)61-51-26-12-13-27-52(51)62(42-31-34-46-44-21-15-17-29-56(44)64(3,4)58(46)38-42)54-36-40(32-35-53(54)61)60-49-24-10-8-22-47(49)59(39-18-6-5-7-19-39)48-23-9-11-25-50(48)60/h5-38H,1-4H3. The third kappa shape index (κ3) is 5.11. The Bertz CT molecular complexity index is 3710. The predicted molar refractivity (Wildman–Crippen MR) is 273 cm³/mol. The number of hydrogen-bond donors (Lipinski definition) is 0. The van der Waals surface area contributed by atoms with Crippen molar-refractivity contribution in [3.63, 3.8) is 0 Å². The molecule has 0 aliphatic heterocycles. The van der Waals surface area contributed by atoms with Crippen LogP contribution in [0.25, 0.3) is 110 Å². The molecular formula is C64H46. The van der Waals surface area contributed by atoms with Crippen molar-refractivity contribution in [2.24, 2.45) is 0 Å². The number of rotatable bonds is 4. The summed E-state index contributed by atoms with van der Waals surface area (Å²) in [6, 6.07) is 78.0. The van der Waals surface area contributed by atoms with Crippen LogP contribution in [0.3, 0.4) is 0 Å². The molecule has 0 nitrogen and oxygen atoms in total. The van der Waals surface area contributed by atoms with E-state index in [1.54, 1.807) is 0 Å². The molecule has 0 fully saturated rings. The molecule has 11 aromatic carbocycles. The summed E-state index contributed by atoms with van der Waals surface area (Å²) in [6.45, 7) is 9.56. The average molecular weight is 815 g/mol. The van der Waals surface area contributed by atoms with E-state index in [0.717, 1.165) is 0 Å². The topological polar surface area (TPSA) is 0 Å². The van der Waals surface area contributed by atoms with Crippen molar-refractivity contribution in [1.29, 1.82) is 0 Å². The fourth-order valence-corrected chi connectivity index (χ4v) is 12.0. The highest BCUT2D eigenvalue weighted by atomic mass is 14.4. The summed E-state index contributed by atoms with van der Waals surface area (Å²) in [5, 5.41) is 10.1. The molecule has 0 aromatic heterocycles. The van der Waals surface area contributed by atoms with E-state index in [0.29, 0.717) is 0 Å². The van der Waals surface area contributed by atoms with Crippen LogP contribution >= 0.6 is 0 Å². The van der Waals surface area contributed by atoms with Crippen LogP contribution in [0.15, 0.2) is 206 Å². The maximum Gasteiger partial charge on any atom is 0.0159 e. The van der Waals surface area contributed by atoms with E-state index in [2.05, 4.69) is 234 Å². The lowest BCUT2D eigenvalue weighted by molar-refractivity contribution is 0.660. The lowest BCUT2D eigenvalue weighted by Crippen LogP contribution is -2.15. The minimum Gasteiger partial charge on any atom is -0.0622 e. The maximum absolute atomic E-state index is 2.53. The Kier molecular flexibility index (Phi) is 7.80. The van der Waals surface area contributed by atoms with Gasteiger partial charge in [0, 0.05) is 10.8 Å². The summed E-state index contributed by atoms with van der Waals surface area (Å²) in [7, 11) is 0. The third-order valence-corrected chi connectivity index (χ3v) is 15.1. The van der Waals surface area contributed by atoms with Gasteiger partial charge in [0.05, 0.1) is 0 Å². The van der Waals surface area contributed by atoms with Gasteiger partial charge in [0.25, 0.3) is 0 Å². The van der Waals surface area contributed by atoms with E-state index >= 15 is 0 Å². The van der Waals surface area contributed by atoms with Crippen molar-refractivity contribution < 1.29 is 0 Å². The highest BCUT2D eigenvalue weighted by Gasteiger charge is 2.37. The van der Waals surface area contributed by atoms with Gasteiger partial charge in [0.2, 0.25) is 0 Å². The maximum atomic E-state index is 2.53. The van der Waals surface area contributed by atoms with E-state index in [9.17, 15) is 0 Å². The fraction of sp³-hybridized carbons (Fsp3) is 0.0938. The van der Waals surface area contributed by atoms with Crippen molar-refractivity contribution in [3.8, 4) is 66.8 Å². The van der Waals surface area contributed by atoms with Crippen LogP contribution in [-0.2, 0) is 10.8 Å². The smallest absolute Gasteiger partial charge is 0.0159 e. The monoisotopic (exact) mass is 814 g/mol.